The van der Waals surface area contributed by atoms with Crippen LogP contribution in [0.4, 0.5) is 0 Å². The van der Waals surface area contributed by atoms with E-state index < -0.39 is 37.8 Å². The summed E-state index contributed by atoms with van der Waals surface area (Å²) in [4.78, 5) is 32.1. The number of hydrogen-bond donors (Lipinski definition) is 0. The Bertz CT molecular complexity index is 714. The van der Waals surface area contributed by atoms with E-state index >= 15 is 0 Å². The molecule has 1 aliphatic heterocycles. The zero-order valence-corrected chi connectivity index (χ0v) is 19.6. The first kappa shape index (κ1) is 23.5. The van der Waals surface area contributed by atoms with Gasteiger partial charge in [-0.2, -0.15) is 0 Å². The molecule has 1 saturated heterocycles. The SMILES string of the molecule is COC(=O)C1(C(=O)OC)C[C@@H](c2ccccc2)ON(O[Si](C)(C)C(C)(C)C)[C@@H]1C. The molecule has 7 nitrogen and oxygen atoms in total. The van der Waals surface area contributed by atoms with E-state index in [2.05, 4.69) is 33.9 Å². The monoisotopic (exact) mass is 423 g/mol. The van der Waals surface area contributed by atoms with Crippen LogP contribution in [0.2, 0.25) is 18.1 Å². The summed E-state index contributed by atoms with van der Waals surface area (Å²) in [6, 6.07) is 8.71. The molecule has 1 aromatic rings. The van der Waals surface area contributed by atoms with Gasteiger partial charge < -0.3 is 14.0 Å². The van der Waals surface area contributed by atoms with Gasteiger partial charge in [-0.3, -0.25) is 14.4 Å². The van der Waals surface area contributed by atoms with Crippen molar-refractivity contribution in [2.75, 3.05) is 14.2 Å². The summed E-state index contributed by atoms with van der Waals surface area (Å²) in [7, 11) is 0.219. The second kappa shape index (κ2) is 8.55. The van der Waals surface area contributed by atoms with E-state index in [9.17, 15) is 9.59 Å². The van der Waals surface area contributed by atoms with Gasteiger partial charge in [0, 0.05) is 6.42 Å². The van der Waals surface area contributed by atoms with Gasteiger partial charge in [0.05, 0.1) is 20.3 Å². The first-order chi connectivity index (χ1) is 13.4. The van der Waals surface area contributed by atoms with Crippen molar-refractivity contribution in [1.82, 2.24) is 5.23 Å². The van der Waals surface area contributed by atoms with E-state index in [0.717, 1.165) is 5.56 Å². The molecule has 0 amide bonds. The van der Waals surface area contributed by atoms with Crippen LogP contribution in [0.15, 0.2) is 30.3 Å². The average Bonchev–Trinajstić information content (AvgIpc) is 2.68. The van der Waals surface area contributed by atoms with Crippen LogP contribution >= 0.6 is 0 Å². The molecule has 0 spiro atoms. The first-order valence-electron chi connectivity index (χ1n) is 9.77. The van der Waals surface area contributed by atoms with E-state index in [1.165, 1.54) is 19.4 Å². The van der Waals surface area contributed by atoms with E-state index in [-0.39, 0.29) is 11.5 Å². The minimum absolute atomic E-state index is 0.0922. The minimum Gasteiger partial charge on any atom is -0.468 e. The van der Waals surface area contributed by atoms with Gasteiger partial charge in [-0.25, -0.2) is 0 Å². The summed E-state index contributed by atoms with van der Waals surface area (Å²) in [6.07, 6.45) is -0.482. The second-order valence-electron chi connectivity index (χ2n) is 8.98. The molecule has 162 valence electrons. The van der Waals surface area contributed by atoms with Gasteiger partial charge in [0.1, 0.15) is 6.10 Å². The van der Waals surface area contributed by atoms with Gasteiger partial charge in [-0.05, 0) is 30.6 Å². The third-order valence-electron chi connectivity index (χ3n) is 6.16. The molecular weight excluding hydrogens is 390 g/mol. The lowest BCUT2D eigenvalue weighted by Crippen LogP contribution is -2.62. The standard InChI is InChI=1S/C21H33NO6Si/c1-15-21(18(23)25-5,19(24)26-6)14-17(16-12-10-9-11-13-16)27-22(15)28-29(7,8)20(2,3)4/h9-13,15,17H,14H2,1-8H3/t15-,17+/m1/s1. The van der Waals surface area contributed by atoms with Crippen LogP contribution in [-0.4, -0.2) is 45.7 Å². The highest BCUT2D eigenvalue weighted by Gasteiger charge is 2.61. The molecular formula is C21H33NO6Si. The fourth-order valence-electron chi connectivity index (χ4n) is 3.16. The number of hydroxylamine groups is 2. The van der Waals surface area contributed by atoms with Gasteiger partial charge in [-0.1, -0.05) is 56.3 Å². The number of methoxy groups -OCH3 is 2. The quantitative estimate of drug-likeness (QED) is 0.402. The fraction of sp³-hybridized carbons (Fsp3) is 0.619. The lowest BCUT2D eigenvalue weighted by Gasteiger charge is -2.49. The Morgan fingerprint density at radius 3 is 2.07 bits per heavy atom. The van der Waals surface area contributed by atoms with Crippen LogP contribution in [0.5, 0.6) is 0 Å². The molecule has 1 aromatic carbocycles. The molecule has 29 heavy (non-hydrogen) atoms. The summed E-state index contributed by atoms with van der Waals surface area (Å²) < 4.78 is 16.5. The van der Waals surface area contributed by atoms with E-state index in [4.69, 9.17) is 18.8 Å². The highest BCUT2D eigenvalue weighted by atomic mass is 28.4. The Morgan fingerprint density at radius 2 is 1.62 bits per heavy atom. The van der Waals surface area contributed by atoms with Crippen LogP contribution in [0.1, 0.15) is 45.8 Å². The molecule has 1 heterocycles. The maximum Gasteiger partial charge on any atom is 0.325 e. The molecule has 1 fully saturated rings. The largest absolute Gasteiger partial charge is 0.468 e. The van der Waals surface area contributed by atoms with Gasteiger partial charge in [0.25, 0.3) is 0 Å². The van der Waals surface area contributed by atoms with Crippen LogP contribution < -0.4 is 0 Å². The van der Waals surface area contributed by atoms with Crippen molar-refractivity contribution in [3.63, 3.8) is 0 Å². The Labute approximate surface area is 174 Å². The second-order valence-corrected chi connectivity index (χ2v) is 13.7. The van der Waals surface area contributed by atoms with Crippen molar-refractivity contribution >= 4 is 20.3 Å². The zero-order chi connectivity index (χ0) is 22.0. The van der Waals surface area contributed by atoms with Gasteiger partial charge in [-0.15, -0.1) is 0 Å². The number of esters is 2. The van der Waals surface area contributed by atoms with Crippen molar-refractivity contribution in [2.24, 2.45) is 5.41 Å². The van der Waals surface area contributed by atoms with E-state index in [0.29, 0.717) is 0 Å². The van der Waals surface area contributed by atoms with Crippen molar-refractivity contribution < 1.29 is 28.4 Å². The van der Waals surface area contributed by atoms with Crippen LogP contribution in [0.3, 0.4) is 0 Å². The third-order valence-corrected chi connectivity index (χ3v) is 10.4. The number of nitrogens with zero attached hydrogens (tertiary/aromatic N) is 1. The molecule has 0 N–H and O–H groups in total. The van der Waals surface area contributed by atoms with Crippen LogP contribution in [0.25, 0.3) is 0 Å². The fourth-order valence-corrected chi connectivity index (χ4v) is 4.09. The topological polar surface area (TPSA) is 74.3 Å². The summed E-state index contributed by atoms with van der Waals surface area (Å²) >= 11 is 0. The molecule has 0 radical (unpaired) electrons. The van der Waals surface area contributed by atoms with Gasteiger partial charge in [0.15, 0.2) is 5.41 Å². The third kappa shape index (κ3) is 4.40. The predicted octanol–water partition coefficient (Wildman–Crippen LogP) is 4.02. The molecule has 2 rings (SSSR count). The molecule has 0 aromatic heterocycles. The normalized spacial score (nSPS) is 22.8. The number of carbonyl (C=O) groups is 2. The lowest BCUT2D eigenvalue weighted by atomic mass is 9.74. The van der Waals surface area contributed by atoms with Crippen LogP contribution in [0, 0.1) is 5.41 Å². The van der Waals surface area contributed by atoms with Crippen LogP contribution in [-0.2, 0) is 28.4 Å². The summed E-state index contributed by atoms with van der Waals surface area (Å²) in [5.41, 5.74) is -0.745. The maximum atomic E-state index is 12.9. The van der Waals surface area contributed by atoms with Crippen molar-refractivity contribution in [2.45, 2.75) is 64.4 Å². The Morgan fingerprint density at radius 1 is 1.10 bits per heavy atom. The molecule has 0 aliphatic carbocycles. The maximum absolute atomic E-state index is 12.9. The molecule has 0 bridgehead atoms. The Kier molecular flexibility index (Phi) is 6.94. The molecule has 8 heteroatoms. The number of ether oxygens (including phenoxy) is 2. The Hall–Kier alpha value is -1.74. The predicted molar refractivity (Wildman–Crippen MR) is 111 cm³/mol. The van der Waals surface area contributed by atoms with Crippen molar-refractivity contribution in [3.05, 3.63) is 35.9 Å². The zero-order valence-electron chi connectivity index (χ0n) is 18.6. The average molecular weight is 424 g/mol. The minimum atomic E-state index is -2.32. The molecule has 0 unspecified atom stereocenters. The van der Waals surface area contributed by atoms with Gasteiger partial charge >= 0.3 is 11.9 Å². The highest BCUT2D eigenvalue weighted by molar-refractivity contribution is 6.74. The summed E-state index contributed by atoms with van der Waals surface area (Å²) in [5.74, 6) is -1.32. The number of hydrogen-bond acceptors (Lipinski definition) is 7. The van der Waals surface area contributed by atoms with Gasteiger partial charge in [0.2, 0.25) is 8.32 Å². The number of rotatable bonds is 5. The molecule has 0 saturated carbocycles. The number of benzene rings is 1. The summed E-state index contributed by atoms with van der Waals surface area (Å²) in [6.45, 7) is 12.2. The molecule has 2 atom stereocenters. The Balaban J connectivity index is 2.55. The highest BCUT2D eigenvalue weighted by Crippen LogP contribution is 2.47. The van der Waals surface area contributed by atoms with Crippen molar-refractivity contribution in [1.29, 1.82) is 0 Å². The lowest BCUT2D eigenvalue weighted by molar-refractivity contribution is -0.402. The number of carbonyl (C=O) groups excluding carboxylic acids is 2. The van der Waals surface area contributed by atoms with E-state index in [1.54, 1.807) is 6.92 Å². The molecule has 1 aliphatic rings. The smallest absolute Gasteiger partial charge is 0.325 e. The first-order valence-corrected chi connectivity index (χ1v) is 12.7. The summed E-state index contributed by atoms with van der Waals surface area (Å²) in [5, 5.41) is 1.24. The van der Waals surface area contributed by atoms with Crippen molar-refractivity contribution in [3.8, 4) is 0 Å². The van der Waals surface area contributed by atoms with E-state index in [1.807, 2.05) is 30.3 Å².